The molecule has 0 aliphatic carbocycles. The monoisotopic (exact) mass is 302 g/mol. The van der Waals surface area contributed by atoms with E-state index in [0.717, 1.165) is 22.8 Å². The molecule has 2 N–H and O–H groups in total. The van der Waals surface area contributed by atoms with Crippen LogP contribution in [0.15, 0.2) is 30.3 Å². The van der Waals surface area contributed by atoms with Gasteiger partial charge in [-0.2, -0.15) is 4.98 Å². The summed E-state index contributed by atoms with van der Waals surface area (Å²) >= 11 is 0. The van der Waals surface area contributed by atoms with Gasteiger partial charge >= 0.3 is 0 Å². The average molecular weight is 302 g/mol. The summed E-state index contributed by atoms with van der Waals surface area (Å²) in [5.74, 6) is 2.25. The number of aromatic nitrogens is 2. The third-order valence-corrected chi connectivity index (χ3v) is 3.08. The quantitative estimate of drug-likeness (QED) is 0.730. The van der Waals surface area contributed by atoms with Crippen molar-refractivity contribution >= 4 is 11.8 Å². The molecule has 2 aromatic rings. The van der Waals surface area contributed by atoms with Gasteiger partial charge in [0.25, 0.3) is 0 Å². The number of aryl methyl sites for hydroxylation is 1. The van der Waals surface area contributed by atoms with Crippen LogP contribution >= 0.6 is 0 Å². The van der Waals surface area contributed by atoms with Crippen LogP contribution in [-0.2, 0) is 11.3 Å². The minimum atomic E-state index is 0.606. The van der Waals surface area contributed by atoms with Crippen molar-refractivity contribution in [1.29, 1.82) is 0 Å². The molecule has 0 unspecified atom stereocenters. The van der Waals surface area contributed by atoms with Crippen LogP contribution in [0.25, 0.3) is 0 Å². The predicted octanol–water partition coefficient (Wildman–Crippen LogP) is 2.46. The Balaban J connectivity index is 1.96. The molecule has 1 aromatic carbocycles. The Morgan fingerprint density at radius 1 is 1.05 bits per heavy atom. The minimum absolute atomic E-state index is 0.606. The SMILES string of the molecule is COCCNc1nc(C)cc(NCc2ccc(OC)cc2)n1. The second-order valence-electron chi connectivity index (χ2n) is 4.84. The molecule has 0 fully saturated rings. The summed E-state index contributed by atoms with van der Waals surface area (Å²) in [4.78, 5) is 8.79. The summed E-state index contributed by atoms with van der Waals surface area (Å²) in [5.41, 5.74) is 2.07. The van der Waals surface area contributed by atoms with Crippen LogP contribution in [0, 0.1) is 6.92 Å². The number of rotatable bonds is 8. The Kier molecular flexibility index (Phi) is 5.97. The van der Waals surface area contributed by atoms with Crippen molar-refractivity contribution in [2.45, 2.75) is 13.5 Å². The summed E-state index contributed by atoms with van der Waals surface area (Å²) in [6, 6.07) is 9.86. The molecular formula is C16H22N4O2. The number of methoxy groups -OCH3 is 2. The summed E-state index contributed by atoms with van der Waals surface area (Å²) in [7, 11) is 3.33. The van der Waals surface area contributed by atoms with E-state index in [4.69, 9.17) is 9.47 Å². The Morgan fingerprint density at radius 3 is 2.50 bits per heavy atom. The molecule has 0 bridgehead atoms. The fourth-order valence-electron chi connectivity index (χ4n) is 1.94. The number of hydrogen-bond donors (Lipinski definition) is 2. The van der Waals surface area contributed by atoms with Crippen molar-refractivity contribution in [3.63, 3.8) is 0 Å². The summed E-state index contributed by atoms with van der Waals surface area (Å²) in [6.45, 7) is 3.93. The van der Waals surface area contributed by atoms with E-state index in [0.29, 0.717) is 25.6 Å². The number of anilines is 2. The van der Waals surface area contributed by atoms with Crippen LogP contribution in [0.2, 0.25) is 0 Å². The van der Waals surface area contributed by atoms with Gasteiger partial charge in [0, 0.05) is 32.0 Å². The summed E-state index contributed by atoms with van der Waals surface area (Å²) < 4.78 is 10.2. The highest BCUT2D eigenvalue weighted by atomic mass is 16.5. The fraction of sp³-hybridized carbons (Fsp3) is 0.375. The van der Waals surface area contributed by atoms with Crippen LogP contribution in [0.5, 0.6) is 5.75 Å². The predicted molar refractivity (Wildman–Crippen MR) is 87.5 cm³/mol. The fourth-order valence-corrected chi connectivity index (χ4v) is 1.94. The molecular weight excluding hydrogens is 280 g/mol. The van der Waals surface area contributed by atoms with Crippen molar-refractivity contribution in [2.75, 3.05) is 38.0 Å². The third-order valence-electron chi connectivity index (χ3n) is 3.08. The Hall–Kier alpha value is -2.34. The molecule has 6 heteroatoms. The number of benzene rings is 1. The van der Waals surface area contributed by atoms with Gasteiger partial charge in [-0.15, -0.1) is 0 Å². The molecule has 0 radical (unpaired) electrons. The van der Waals surface area contributed by atoms with E-state index < -0.39 is 0 Å². The van der Waals surface area contributed by atoms with E-state index in [1.807, 2.05) is 37.3 Å². The first-order valence-corrected chi connectivity index (χ1v) is 7.16. The maximum atomic E-state index is 5.15. The first kappa shape index (κ1) is 16.0. The Labute approximate surface area is 130 Å². The van der Waals surface area contributed by atoms with Gasteiger partial charge in [-0.05, 0) is 24.6 Å². The van der Waals surface area contributed by atoms with Crippen LogP contribution in [0.4, 0.5) is 11.8 Å². The third kappa shape index (κ3) is 4.89. The molecule has 0 atom stereocenters. The van der Waals surface area contributed by atoms with Crippen molar-refractivity contribution < 1.29 is 9.47 Å². The van der Waals surface area contributed by atoms with E-state index >= 15 is 0 Å². The number of nitrogens with zero attached hydrogens (tertiary/aromatic N) is 2. The van der Waals surface area contributed by atoms with E-state index in [9.17, 15) is 0 Å². The van der Waals surface area contributed by atoms with E-state index in [1.165, 1.54) is 0 Å². The van der Waals surface area contributed by atoms with Gasteiger partial charge in [0.2, 0.25) is 5.95 Å². The first-order valence-electron chi connectivity index (χ1n) is 7.16. The van der Waals surface area contributed by atoms with Gasteiger partial charge in [0.1, 0.15) is 11.6 Å². The Morgan fingerprint density at radius 2 is 1.82 bits per heavy atom. The zero-order valence-corrected chi connectivity index (χ0v) is 13.2. The maximum Gasteiger partial charge on any atom is 0.224 e. The first-order chi connectivity index (χ1) is 10.7. The van der Waals surface area contributed by atoms with Crippen LogP contribution < -0.4 is 15.4 Å². The molecule has 0 amide bonds. The summed E-state index contributed by atoms with van der Waals surface area (Å²) in [6.07, 6.45) is 0. The van der Waals surface area contributed by atoms with Crippen molar-refractivity contribution in [2.24, 2.45) is 0 Å². The molecule has 1 aromatic heterocycles. The maximum absolute atomic E-state index is 5.15. The second kappa shape index (κ2) is 8.19. The second-order valence-corrected chi connectivity index (χ2v) is 4.84. The van der Waals surface area contributed by atoms with E-state index in [1.54, 1.807) is 14.2 Å². The standard InChI is InChI=1S/C16H22N4O2/c1-12-10-15(20-16(19-12)17-8-9-21-2)18-11-13-4-6-14(22-3)7-5-13/h4-7,10H,8-9,11H2,1-3H3,(H2,17,18,19,20). The van der Waals surface area contributed by atoms with Crippen LogP contribution in [-0.4, -0.2) is 37.3 Å². The van der Waals surface area contributed by atoms with Gasteiger partial charge in [-0.1, -0.05) is 12.1 Å². The normalized spacial score (nSPS) is 10.3. The zero-order chi connectivity index (χ0) is 15.8. The summed E-state index contributed by atoms with van der Waals surface area (Å²) in [5, 5.41) is 6.44. The van der Waals surface area contributed by atoms with Crippen LogP contribution in [0.1, 0.15) is 11.3 Å². The van der Waals surface area contributed by atoms with Gasteiger partial charge in [0.15, 0.2) is 0 Å². The minimum Gasteiger partial charge on any atom is -0.497 e. The lowest BCUT2D eigenvalue weighted by Gasteiger charge is -2.10. The van der Waals surface area contributed by atoms with E-state index in [2.05, 4.69) is 20.6 Å². The number of hydrogen-bond acceptors (Lipinski definition) is 6. The molecule has 0 saturated heterocycles. The highest BCUT2D eigenvalue weighted by molar-refractivity contribution is 5.43. The van der Waals surface area contributed by atoms with Crippen molar-refractivity contribution in [3.05, 3.63) is 41.6 Å². The van der Waals surface area contributed by atoms with Gasteiger partial charge < -0.3 is 20.1 Å². The van der Waals surface area contributed by atoms with Gasteiger partial charge in [0.05, 0.1) is 13.7 Å². The largest absolute Gasteiger partial charge is 0.497 e. The molecule has 0 aliphatic heterocycles. The molecule has 0 saturated carbocycles. The molecule has 22 heavy (non-hydrogen) atoms. The molecule has 0 spiro atoms. The number of nitrogens with one attached hydrogen (secondary N) is 2. The highest BCUT2D eigenvalue weighted by Gasteiger charge is 2.02. The molecule has 6 nitrogen and oxygen atoms in total. The van der Waals surface area contributed by atoms with Crippen molar-refractivity contribution in [1.82, 2.24) is 9.97 Å². The Bertz CT molecular complexity index is 587. The van der Waals surface area contributed by atoms with Crippen molar-refractivity contribution in [3.8, 4) is 5.75 Å². The zero-order valence-electron chi connectivity index (χ0n) is 13.2. The van der Waals surface area contributed by atoms with Gasteiger partial charge in [-0.25, -0.2) is 4.98 Å². The molecule has 118 valence electrons. The number of ether oxygens (including phenoxy) is 2. The topological polar surface area (TPSA) is 68.3 Å². The lowest BCUT2D eigenvalue weighted by Crippen LogP contribution is -2.12. The molecule has 0 aliphatic rings. The lowest BCUT2D eigenvalue weighted by molar-refractivity contribution is 0.210. The molecule has 2 rings (SSSR count). The van der Waals surface area contributed by atoms with E-state index in [-0.39, 0.29) is 0 Å². The highest BCUT2D eigenvalue weighted by Crippen LogP contribution is 2.14. The smallest absolute Gasteiger partial charge is 0.224 e. The van der Waals surface area contributed by atoms with Gasteiger partial charge in [-0.3, -0.25) is 0 Å². The lowest BCUT2D eigenvalue weighted by atomic mass is 10.2. The van der Waals surface area contributed by atoms with Crippen LogP contribution in [0.3, 0.4) is 0 Å². The molecule has 1 heterocycles. The average Bonchev–Trinajstić information content (AvgIpc) is 2.53.